The van der Waals surface area contributed by atoms with E-state index in [1.165, 1.54) is 32.1 Å². The zero-order chi connectivity index (χ0) is 17.9. The predicted octanol–water partition coefficient (Wildman–Crippen LogP) is 4.32. The van der Waals surface area contributed by atoms with Crippen molar-refractivity contribution in [2.24, 2.45) is 0 Å². The number of amides is 1. The van der Waals surface area contributed by atoms with Gasteiger partial charge in [0.15, 0.2) is 5.58 Å². The number of hydrogen-bond donors (Lipinski definition) is 2. The third kappa shape index (κ3) is 6.45. The number of carbonyl (C=O) groups excluding carboxylic acids is 1. The molecule has 0 bridgehead atoms. The average molecular weight is 342 g/mol. The van der Waals surface area contributed by atoms with E-state index in [4.69, 9.17) is 4.42 Å². The molecule has 1 amide bonds. The van der Waals surface area contributed by atoms with Crippen molar-refractivity contribution >= 4 is 17.0 Å². The van der Waals surface area contributed by atoms with Gasteiger partial charge in [-0.3, -0.25) is 9.78 Å². The quantitative estimate of drug-likeness (QED) is 0.498. The van der Waals surface area contributed by atoms with Gasteiger partial charge >= 0.3 is 5.76 Å². The van der Waals surface area contributed by atoms with Gasteiger partial charge in [0, 0.05) is 12.1 Å². The lowest BCUT2D eigenvalue weighted by atomic mass is 10.1. The van der Waals surface area contributed by atoms with Crippen molar-refractivity contribution in [1.82, 2.24) is 10.3 Å². The standard InChI is InChI=1S/C20H26N2O3/c1-2-3-4-5-6-7-8-9-10-11-14-21-19(23)16-12-13-18-17(15-16)22-20(24)25-18/h8-13,15H,2-7,14H2,1H3,(H,21,23)(H,22,24). The minimum absolute atomic E-state index is 0.187. The minimum Gasteiger partial charge on any atom is -0.408 e. The molecule has 0 aliphatic carbocycles. The van der Waals surface area contributed by atoms with E-state index < -0.39 is 5.76 Å². The van der Waals surface area contributed by atoms with Crippen LogP contribution in [0.15, 0.2) is 51.7 Å². The van der Waals surface area contributed by atoms with Crippen molar-refractivity contribution in [3.8, 4) is 0 Å². The molecule has 1 aromatic carbocycles. The molecule has 0 saturated carbocycles. The van der Waals surface area contributed by atoms with E-state index in [9.17, 15) is 9.59 Å². The van der Waals surface area contributed by atoms with Gasteiger partial charge in [-0.05, 0) is 31.0 Å². The first-order chi connectivity index (χ1) is 12.2. The van der Waals surface area contributed by atoms with Crippen molar-refractivity contribution in [3.05, 3.63) is 58.6 Å². The largest absolute Gasteiger partial charge is 0.417 e. The number of fused-ring (bicyclic) bond motifs is 1. The molecule has 0 spiro atoms. The summed E-state index contributed by atoms with van der Waals surface area (Å²) in [4.78, 5) is 25.7. The number of oxazole rings is 1. The number of hydrogen-bond acceptors (Lipinski definition) is 3. The first kappa shape index (κ1) is 18.8. The lowest BCUT2D eigenvalue weighted by Crippen LogP contribution is -2.23. The number of unbranched alkanes of at least 4 members (excludes halogenated alkanes) is 5. The molecule has 2 rings (SSSR count). The van der Waals surface area contributed by atoms with E-state index in [2.05, 4.69) is 23.3 Å². The van der Waals surface area contributed by atoms with Crippen LogP contribution >= 0.6 is 0 Å². The number of benzene rings is 1. The Hall–Kier alpha value is -2.56. The fourth-order valence-corrected chi connectivity index (χ4v) is 2.53. The number of carbonyl (C=O) groups is 1. The molecule has 1 aromatic heterocycles. The second kappa shape index (κ2) is 10.3. The number of aromatic nitrogens is 1. The SMILES string of the molecule is CCCCCCCC=CC=CCNC(=O)c1ccc2oc(=O)[nH]c2c1. The molecule has 5 heteroatoms. The Bertz CT molecular complexity index is 784. The van der Waals surface area contributed by atoms with E-state index in [1.807, 2.05) is 18.2 Å². The van der Waals surface area contributed by atoms with Crippen molar-refractivity contribution in [3.63, 3.8) is 0 Å². The second-order valence-corrected chi connectivity index (χ2v) is 5.99. The van der Waals surface area contributed by atoms with Crippen molar-refractivity contribution < 1.29 is 9.21 Å². The monoisotopic (exact) mass is 342 g/mol. The molecule has 2 aromatic rings. The highest BCUT2D eigenvalue weighted by Gasteiger charge is 2.07. The molecule has 1 heterocycles. The Morgan fingerprint density at radius 2 is 1.96 bits per heavy atom. The highest BCUT2D eigenvalue weighted by Crippen LogP contribution is 2.12. The minimum atomic E-state index is -0.521. The van der Waals surface area contributed by atoms with Gasteiger partial charge in [0.05, 0.1) is 5.52 Å². The fourth-order valence-electron chi connectivity index (χ4n) is 2.53. The maximum Gasteiger partial charge on any atom is 0.417 e. The van der Waals surface area contributed by atoms with Gasteiger partial charge in [-0.1, -0.05) is 56.9 Å². The summed E-state index contributed by atoms with van der Waals surface area (Å²) in [6, 6.07) is 4.86. The molecule has 134 valence electrons. The molecular formula is C20H26N2O3. The summed E-state index contributed by atoms with van der Waals surface area (Å²) in [6.07, 6.45) is 15.6. The lowest BCUT2D eigenvalue weighted by molar-refractivity contribution is 0.0958. The first-order valence-corrected chi connectivity index (χ1v) is 8.93. The van der Waals surface area contributed by atoms with Crippen LogP contribution < -0.4 is 11.1 Å². The molecule has 0 unspecified atom stereocenters. The summed E-state index contributed by atoms with van der Waals surface area (Å²) >= 11 is 0. The van der Waals surface area contributed by atoms with E-state index >= 15 is 0 Å². The van der Waals surface area contributed by atoms with Crippen molar-refractivity contribution in [1.29, 1.82) is 0 Å². The maximum atomic E-state index is 12.1. The Morgan fingerprint density at radius 3 is 2.80 bits per heavy atom. The smallest absolute Gasteiger partial charge is 0.408 e. The van der Waals surface area contributed by atoms with Crippen molar-refractivity contribution in [2.45, 2.75) is 45.4 Å². The number of aromatic amines is 1. The van der Waals surface area contributed by atoms with Gasteiger partial charge in [-0.15, -0.1) is 0 Å². The third-order valence-corrected chi connectivity index (χ3v) is 3.92. The Kier molecular flexibility index (Phi) is 7.76. The summed E-state index contributed by atoms with van der Waals surface area (Å²) in [5.41, 5.74) is 1.46. The molecule has 0 saturated heterocycles. The number of nitrogens with one attached hydrogen (secondary N) is 2. The third-order valence-electron chi connectivity index (χ3n) is 3.92. The summed E-state index contributed by atoms with van der Waals surface area (Å²) in [5, 5.41) is 2.81. The highest BCUT2D eigenvalue weighted by molar-refractivity contribution is 5.97. The van der Waals surface area contributed by atoms with Crippen molar-refractivity contribution in [2.75, 3.05) is 6.54 Å². The van der Waals surface area contributed by atoms with Crippen LogP contribution in [0.1, 0.15) is 55.8 Å². The Balaban J connectivity index is 1.68. The average Bonchev–Trinajstić information content (AvgIpc) is 2.98. The van der Waals surface area contributed by atoms with Crippen LogP contribution in [0.25, 0.3) is 11.1 Å². The van der Waals surface area contributed by atoms with Gasteiger partial charge in [-0.25, -0.2) is 4.79 Å². The highest BCUT2D eigenvalue weighted by atomic mass is 16.4. The van der Waals surface area contributed by atoms with Gasteiger partial charge in [0.2, 0.25) is 0 Å². The number of H-pyrrole nitrogens is 1. The molecule has 0 aliphatic rings. The predicted molar refractivity (Wildman–Crippen MR) is 101 cm³/mol. The second-order valence-electron chi connectivity index (χ2n) is 5.99. The van der Waals surface area contributed by atoms with Crippen LogP contribution in [-0.4, -0.2) is 17.4 Å². The molecule has 2 N–H and O–H groups in total. The molecule has 5 nitrogen and oxygen atoms in total. The summed E-state index contributed by atoms with van der Waals surface area (Å²) in [7, 11) is 0. The Morgan fingerprint density at radius 1 is 1.16 bits per heavy atom. The zero-order valence-electron chi connectivity index (χ0n) is 14.7. The van der Waals surface area contributed by atoms with Crippen LogP contribution in [-0.2, 0) is 0 Å². The van der Waals surface area contributed by atoms with Gasteiger partial charge in [0.25, 0.3) is 5.91 Å². The lowest BCUT2D eigenvalue weighted by Gasteiger charge is -2.01. The molecule has 0 atom stereocenters. The van der Waals surface area contributed by atoms with Gasteiger partial charge in [0.1, 0.15) is 0 Å². The summed E-state index contributed by atoms with van der Waals surface area (Å²) < 4.78 is 4.91. The molecule has 0 radical (unpaired) electrons. The van der Waals surface area contributed by atoms with Crippen LogP contribution in [0.4, 0.5) is 0 Å². The van der Waals surface area contributed by atoms with Crippen LogP contribution in [0.3, 0.4) is 0 Å². The number of rotatable bonds is 10. The summed E-state index contributed by atoms with van der Waals surface area (Å²) in [6.45, 7) is 2.68. The van der Waals surface area contributed by atoms with E-state index in [0.717, 1.165) is 6.42 Å². The molecule has 25 heavy (non-hydrogen) atoms. The number of allylic oxidation sites excluding steroid dienone is 3. The van der Waals surface area contributed by atoms with Crippen LogP contribution in [0, 0.1) is 0 Å². The van der Waals surface area contributed by atoms with E-state index in [0.29, 0.717) is 23.2 Å². The summed E-state index contributed by atoms with van der Waals surface area (Å²) in [5.74, 6) is -0.707. The fraction of sp³-hybridized carbons (Fsp3) is 0.400. The molecule has 0 aliphatic heterocycles. The van der Waals surface area contributed by atoms with Crippen LogP contribution in [0.2, 0.25) is 0 Å². The van der Waals surface area contributed by atoms with Gasteiger partial charge in [-0.2, -0.15) is 0 Å². The first-order valence-electron chi connectivity index (χ1n) is 8.93. The van der Waals surface area contributed by atoms with E-state index in [-0.39, 0.29) is 5.91 Å². The van der Waals surface area contributed by atoms with E-state index in [1.54, 1.807) is 18.2 Å². The zero-order valence-corrected chi connectivity index (χ0v) is 14.7. The molecule has 0 fully saturated rings. The Labute approximate surface area is 147 Å². The van der Waals surface area contributed by atoms with Crippen LogP contribution in [0.5, 0.6) is 0 Å². The topological polar surface area (TPSA) is 75.1 Å². The van der Waals surface area contributed by atoms with Gasteiger partial charge < -0.3 is 9.73 Å². The molecular weight excluding hydrogens is 316 g/mol. The normalized spacial score (nSPS) is 11.7. The maximum absolute atomic E-state index is 12.1.